The van der Waals surface area contributed by atoms with Crippen LogP contribution < -0.4 is 10.2 Å². The molecule has 1 aromatic rings. The summed E-state index contributed by atoms with van der Waals surface area (Å²) in [6.07, 6.45) is 7.89. The molecule has 8 heteroatoms. The molecule has 3 fully saturated rings. The van der Waals surface area contributed by atoms with E-state index in [2.05, 4.69) is 49.8 Å². The molecule has 2 saturated carbocycles. The monoisotopic (exact) mass is 544 g/mol. The fourth-order valence-corrected chi connectivity index (χ4v) is 6.64. The molecule has 4 rings (SSSR count). The maximum atomic E-state index is 12.4. The quantitative estimate of drug-likeness (QED) is 0.259. The third-order valence-electron chi connectivity index (χ3n) is 8.03. The van der Waals surface area contributed by atoms with Crippen LogP contribution in [0.1, 0.15) is 100 Å². The SMILES string of the molecule is CC1CCC(C(O)N(c2cc(C#CC(C)(C)C)sc2C=O)C2CCC(NC(=O)O[C@@H]3CCOC3)CC2)CC1. The number of nitrogens with zero attached hydrogens (tertiary/aromatic N) is 1. The molecule has 2 atom stereocenters. The van der Waals surface area contributed by atoms with Gasteiger partial charge in [0.05, 0.1) is 28.7 Å². The summed E-state index contributed by atoms with van der Waals surface area (Å²) in [7, 11) is 0. The summed E-state index contributed by atoms with van der Waals surface area (Å²) >= 11 is 1.40. The summed E-state index contributed by atoms with van der Waals surface area (Å²) in [6, 6.07) is 2.11. The van der Waals surface area contributed by atoms with Gasteiger partial charge >= 0.3 is 6.09 Å². The van der Waals surface area contributed by atoms with Crippen molar-refractivity contribution in [2.45, 2.75) is 110 Å². The number of nitrogens with one attached hydrogen (secondary N) is 1. The topological polar surface area (TPSA) is 88.1 Å². The first-order valence-corrected chi connectivity index (χ1v) is 15.1. The summed E-state index contributed by atoms with van der Waals surface area (Å²) < 4.78 is 10.8. The van der Waals surface area contributed by atoms with Crippen LogP contribution in [0.5, 0.6) is 0 Å². The molecule has 1 unspecified atom stereocenters. The predicted molar refractivity (Wildman–Crippen MR) is 151 cm³/mol. The van der Waals surface area contributed by atoms with Gasteiger partial charge in [0.2, 0.25) is 0 Å². The Hall–Kier alpha value is -2.08. The molecule has 3 aliphatic rings. The summed E-state index contributed by atoms with van der Waals surface area (Å²) in [4.78, 5) is 28.1. The highest BCUT2D eigenvalue weighted by Crippen LogP contribution is 2.40. The minimum atomic E-state index is -0.652. The number of rotatable bonds is 7. The Morgan fingerprint density at radius 1 is 1.18 bits per heavy atom. The van der Waals surface area contributed by atoms with Crippen LogP contribution in [0.25, 0.3) is 0 Å². The summed E-state index contributed by atoms with van der Waals surface area (Å²) in [5, 5.41) is 14.8. The average molecular weight is 545 g/mol. The molecule has 2 aliphatic carbocycles. The molecule has 0 radical (unpaired) electrons. The molecule has 0 spiro atoms. The lowest BCUT2D eigenvalue weighted by atomic mass is 9.80. The maximum Gasteiger partial charge on any atom is 0.407 e. The maximum absolute atomic E-state index is 12.4. The Morgan fingerprint density at radius 3 is 2.50 bits per heavy atom. The third-order valence-corrected chi connectivity index (χ3v) is 8.99. The zero-order valence-electron chi connectivity index (χ0n) is 23.3. The minimum Gasteiger partial charge on any atom is -0.444 e. The minimum absolute atomic E-state index is 0.0387. The van der Waals surface area contributed by atoms with Crippen molar-refractivity contribution in [2.75, 3.05) is 18.1 Å². The molecule has 1 aliphatic heterocycles. The molecular formula is C30H44N2O5S. The molecule has 7 nitrogen and oxygen atoms in total. The number of aldehydes is 1. The number of hydrogen-bond donors (Lipinski definition) is 2. The molecule has 2 heterocycles. The van der Waals surface area contributed by atoms with E-state index in [1.165, 1.54) is 11.3 Å². The van der Waals surface area contributed by atoms with Gasteiger partial charge in [-0.25, -0.2) is 4.79 Å². The average Bonchev–Trinajstić information content (AvgIpc) is 3.54. The number of anilines is 1. The molecule has 0 bridgehead atoms. The first-order chi connectivity index (χ1) is 18.1. The van der Waals surface area contributed by atoms with E-state index in [0.29, 0.717) is 24.0 Å². The Bertz CT molecular complexity index is 1000. The predicted octanol–water partition coefficient (Wildman–Crippen LogP) is 5.74. The lowest BCUT2D eigenvalue weighted by Crippen LogP contribution is -2.51. The van der Waals surface area contributed by atoms with E-state index in [-0.39, 0.29) is 35.6 Å². The van der Waals surface area contributed by atoms with Crippen molar-refractivity contribution in [1.82, 2.24) is 5.32 Å². The number of carbonyl (C=O) groups excluding carboxylic acids is 2. The third kappa shape index (κ3) is 7.74. The van der Waals surface area contributed by atoms with Crippen LogP contribution >= 0.6 is 11.3 Å². The van der Waals surface area contributed by atoms with Crippen molar-refractivity contribution < 1.29 is 24.2 Å². The van der Waals surface area contributed by atoms with Crippen LogP contribution in [0, 0.1) is 29.1 Å². The van der Waals surface area contributed by atoms with Crippen LogP contribution in [0.15, 0.2) is 6.07 Å². The highest BCUT2D eigenvalue weighted by atomic mass is 32.1. The zero-order chi connectivity index (χ0) is 27.3. The lowest BCUT2D eigenvalue weighted by molar-refractivity contribution is 0.0593. The fraction of sp³-hybridized carbons (Fsp3) is 0.733. The van der Waals surface area contributed by atoms with Gasteiger partial charge in [0, 0.05) is 29.8 Å². The van der Waals surface area contributed by atoms with Crippen molar-refractivity contribution in [3.05, 3.63) is 15.8 Å². The highest BCUT2D eigenvalue weighted by molar-refractivity contribution is 7.14. The van der Waals surface area contributed by atoms with Crippen LogP contribution in [-0.2, 0) is 9.47 Å². The van der Waals surface area contributed by atoms with Crippen LogP contribution in [0.2, 0.25) is 0 Å². The number of aliphatic hydroxyl groups is 1. The summed E-state index contributed by atoms with van der Waals surface area (Å²) in [6.45, 7) is 9.59. The van der Waals surface area contributed by atoms with Crippen LogP contribution in [-0.4, -0.2) is 55.1 Å². The van der Waals surface area contributed by atoms with Crippen LogP contribution in [0.3, 0.4) is 0 Å². The highest BCUT2D eigenvalue weighted by Gasteiger charge is 2.37. The zero-order valence-corrected chi connectivity index (χ0v) is 24.1. The Balaban J connectivity index is 1.50. The fourth-order valence-electron chi connectivity index (χ4n) is 5.81. The Labute approximate surface area is 231 Å². The molecule has 1 amide bonds. The molecule has 1 saturated heterocycles. The van der Waals surface area contributed by atoms with Crippen molar-refractivity contribution in [3.8, 4) is 11.8 Å². The number of carbonyl (C=O) groups is 2. The normalized spacial score (nSPS) is 28.6. The van der Waals surface area contributed by atoms with E-state index in [0.717, 1.165) is 74.6 Å². The van der Waals surface area contributed by atoms with Gasteiger partial charge in [-0.05, 0) is 71.3 Å². The summed E-state index contributed by atoms with van der Waals surface area (Å²) in [5.41, 5.74) is 0.659. The number of amides is 1. The summed E-state index contributed by atoms with van der Waals surface area (Å²) in [5.74, 6) is 7.39. The van der Waals surface area contributed by atoms with Crippen molar-refractivity contribution in [2.24, 2.45) is 17.3 Å². The first kappa shape index (κ1) is 28.9. The largest absolute Gasteiger partial charge is 0.444 e. The van der Waals surface area contributed by atoms with Gasteiger partial charge in [0.25, 0.3) is 0 Å². The van der Waals surface area contributed by atoms with Crippen LogP contribution in [0.4, 0.5) is 10.5 Å². The standard InChI is InChI=1S/C30H44N2O5S/c1-20-5-7-21(8-6-20)28(34)32(26-17-25(38-27(26)18-33)13-15-30(2,3)4)23-11-9-22(10-12-23)31-29(35)37-24-14-16-36-19-24/h17-18,20-24,28,34H,5-12,14,16,19H2,1-4H3,(H,31,35)/t20?,21?,22?,23?,24-,28?/m1/s1. The van der Waals surface area contributed by atoms with Gasteiger partial charge in [0.15, 0.2) is 6.29 Å². The second kappa shape index (κ2) is 12.8. The number of aliphatic hydroxyl groups excluding tert-OH is 1. The number of ether oxygens (including phenoxy) is 2. The Morgan fingerprint density at radius 2 is 1.89 bits per heavy atom. The van der Waals surface area contributed by atoms with E-state index >= 15 is 0 Å². The lowest BCUT2D eigenvalue weighted by Gasteiger charge is -2.44. The second-order valence-electron chi connectivity index (χ2n) is 12.4. The van der Waals surface area contributed by atoms with Gasteiger partial charge < -0.3 is 24.8 Å². The molecule has 2 N–H and O–H groups in total. The molecule has 0 aromatic carbocycles. The van der Waals surface area contributed by atoms with E-state index in [4.69, 9.17) is 9.47 Å². The van der Waals surface area contributed by atoms with E-state index in [9.17, 15) is 14.7 Å². The smallest absolute Gasteiger partial charge is 0.407 e. The van der Waals surface area contributed by atoms with Crippen molar-refractivity contribution in [1.29, 1.82) is 0 Å². The number of hydrogen-bond acceptors (Lipinski definition) is 7. The van der Waals surface area contributed by atoms with E-state index in [1.807, 2.05) is 6.07 Å². The number of alkyl carbamates (subject to hydrolysis) is 1. The second-order valence-corrected chi connectivity index (χ2v) is 13.4. The molecule has 1 aromatic heterocycles. The van der Waals surface area contributed by atoms with Crippen molar-refractivity contribution >= 4 is 29.4 Å². The van der Waals surface area contributed by atoms with Crippen molar-refractivity contribution in [3.63, 3.8) is 0 Å². The van der Waals surface area contributed by atoms with E-state index < -0.39 is 6.23 Å². The van der Waals surface area contributed by atoms with Gasteiger partial charge in [-0.2, -0.15) is 0 Å². The molecule has 210 valence electrons. The van der Waals surface area contributed by atoms with Gasteiger partial charge in [0.1, 0.15) is 12.3 Å². The van der Waals surface area contributed by atoms with Gasteiger partial charge in [-0.15, -0.1) is 11.3 Å². The first-order valence-electron chi connectivity index (χ1n) is 14.3. The Kier molecular flexibility index (Phi) is 9.78. The number of thiophene rings is 1. The molecular weight excluding hydrogens is 500 g/mol. The van der Waals surface area contributed by atoms with E-state index in [1.54, 1.807) is 0 Å². The van der Waals surface area contributed by atoms with Gasteiger partial charge in [-0.1, -0.05) is 31.6 Å². The van der Waals surface area contributed by atoms with Gasteiger partial charge in [-0.3, -0.25) is 4.79 Å². The molecule has 38 heavy (non-hydrogen) atoms.